The largest absolute Gasteiger partial charge is 0.352 e. The lowest BCUT2D eigenvalue weighted by atomic mass is 10.0. The molecule has 2 aliphatic heterocycles. The van der Waals surface area contributed by atoms with Crippen LogP contribution < -0.4 is 16.1 Å². The van der Waals surface area contributed by atoms with E-state index in [1.54, 1.807) is 22.9 Å². The number of piperidine rings is 1. The van der Waals surface area contributed by atoms with Crippen LogP contribution in [-0.2, 0) is 33.4 Å². The van der Waals surface area contributed by atoms with Crippen molar-refractivity contribution >= 4 is 29.5 Å². The van der Waals surface area contributed by atoms with Gasteiger partial charge in [0.15, 0.2) is 0 Å². The number of nitrogens with one attached hydrogen (secondary N) is 3. The average molecular weight is 571 g/mol. The molecule has 218 valence electrons. The Balaban J connectivity index is 1.29. The fourth-order valence-corrected chi connectivity index (χ4v) is 5.08. The topological polar surface area (TPSA) is 145 Å². The van der Waals surface area contributed by atoms with Crippen molar-refractivity contribution in [3.05, 3.63) is 70.3 Å². The van der Waals surface area contributed by atoms with Gasteiger partial charge in [-0.3, -0.25) is 39.8 Å². The summed E-state index contributed by atoms with van der Waals surface area (Å²) < 4.78 is 29.9. The average Bonchev–Trinajstić information content (AvgIpc) is 3.27. The van der Waals surface area contributed by atoms with Crippen molar-refractivity contribution in [2.75, 3.05) is 0 Å². The maximum Gasteiger partial charge on any atom is 0.352 e. The summed E-state index contributed by atoms with van der Waals surface area (Å²) in [5.74, 6) is -2.79. The molecule has 0 spiro atoms. The number of fused-ring (bicyclic) bond motifs is 1. The van der Waals surface area contributed by atoms with Crippen LogP contribution in [0.1, 0.15) is 88.8 Å². The predicted molar refractivity (Wildman–Crippen MR) is 142 cm³/mol. The molecule has 0 aromatic heterocycles. The van der Waals surface area contributed by atoms with Gasteiger partial charge in [-0.05, 0) is 55.0 Å². The Morgan fingerprint density at radius 3 is 2.41 bits per heavy atom. The Kier molecular flexibility index (Phi) is 9.43. The zero-order chi connectivity index (χ0) is 29.6. The minimum Gasteiger partial charge on any atom is -0.322 e. The summed E-state index contributed by atoms with van der Waals surface area (Å²) in [6, 6.07) is 5.36. The lowest BCUT2D eigenvalue weighted by Gasteiger charge is -2.29. The van der Waals surface area contributed by atoms with Crippen molar-refractivity contribution in [3.8, 4) is 0 Å². The van der Waals surface area contributed by atoms with Crippen molar-refractivity contribution in [1.82, 2.24) is 21.0 Å². The number of benzene rings is 2. The highest BCUT2D eigenvalue weighted by Crippen LogP contribution is 2.30. The summed E-state index contributed by atoms with van der Waals surface area (Å²) in [5.41, 5.74) is 2.80. The minimum absolute atomic E-state index is 0.0281. The number of hydroxylamine groups is 1. The van der Waals surface area contributed by atoms with Gasteiger partial charge in [-0.15, -0.1) is 0 Å². The van der Waals surface area contributed by atoms with Crippen LogP contribution in [0.2, 0.25) is 0 Å². The lowest BCUT2D eigenvalue weighted by molar-refractivity contribution is -0.137. The van der Waals surface area contributed by atoms with Crippen LogP contribution in [0.15, 0.2) is 42.5 Å². The van der Waals surface area contributed by atoms with Gasteiger partial charge in [-0.2, -0.15) is 8.78 Å². The van der Waals surface area contributed by atoms with E-state index in [9.17, 15) is 32.8 Å². The highest BCUT2D eigenvalue weighted by Gasteiger charge is 2.40. The summed E-state index contributed by atoms with van der Waals surface area (Å²) in [4.78, 5) is 61.5. The van der Waals surface area contributed by atoms with E-state index in [4.69, 9.17) is 5.21 Å². The number of unbranched alkanes of at least 4 members (excludes halogenated alkanes) is 4. The zero-order valence-corrected chi connectivity index (χ0v) is 22.4. The van der Waals surface area contributed by atoms with Crippen LogP contribution in [0.3, 0.4) is 0 Å². The second kappa shape index (κ2) is 13.0. The molecule has 0 radical (unpaired) electrons. The first-order valence-corrected chi connectivity index (χ1v) is 13.6. The molecule has 4 rings (SSSR count). The number of hydrogen-bond donors (Lipinski definition) is 4. The number of aryl methyl sites for hydroxylation is 1. The number of rotatable bonds is 12. The number of carbonyl (C=O) groups is 5. The van der Waals surface area contributed by atoms with Crippen LogP contribution >= 0.6 is 0 Å². The molecular weight excluding hydrogens is 538 g/mol. The fourth-order valence-electron chi connectivity index (χ4n) is 5.08. The lowest BCUT2D eigenvalue weighted by Crippen LogP contribution is -2.52. The zero-order valence-electron chi connectivity index (χ0n) is 22.4. The number of nitrogens with zero attached hydrogens (tertiary/aromatic N) is 1. The molecule has 0 saturated carbocycles. The molecule has 2 aliphatic rings. The number of amides is 5. The molecule has 2 aromatic rings. The van der Waals surface area contributed by atoms with Gasteiger partial charge in [0, 0.05) is 36.1 Å². The van der Waals surface area contributed by atoms with E-state index in [0.29, 0.717) is 18.4 Å². The van der Waals surface area contributed by atoms with Crippen LogP contribution in [0, 0.1) is 0 Å². The molecule has 1 atom stereocenters. The van der Waals surface area contributed by atoms with Crippen LogP contribution in [0.5, 0.6) is 0 Å². The maximum absolute atomic E-state index is 14.9. The molecule has 12 heteroatoms. The standard InChI is InChI=1S/C29H32F2N4O6/c30-29(31,21-11-8-18(9-12-21)6-4-2-1-3-5-7-25(37)34-41)33-26(38)19-10-13-22-20(16-19)17-35(28(22)40)23-14-15-24(36)32-27(23)39/h8-13,16,23,41H,1-7,14-15,17H2,(H,33,38)(H,34,37)(H,32,36,39). The van der Waals surface area contributed by atoms with Gasteiger partial charge in [0.2, 0.25) is 17.7 Å². The molecule has 1 saturated heterocycles. The molecule has 5 amide bonds. The van der Waals surface area contributed by atoms with Gasteiger partial charge in [0.05, 0.1) is 0 Å². The molecule has 41 heavy (non-hydrogen) atoms. The molecule has 2 aromatic carbocycles. The van der Waals surface area contributed by atoms with Gasteiger partial charge in [0.1, 0.15) is 6.04 Å². The Labute approximate surface area is 235 Å². The Morgan fingerprint density at radius 1 is 1.00 bits per heavy atom. The number of imide groups is 1. The van der Waals surface area contributed by atoms with Gasteiger partial charge < -0.3 is 4.90 Å². The van der Waals surface area contributed by atoms with Gasteiger partial charge >= 0.3 is 6.05 Å². The van der Waals surface area contributed by atoms with E-state index in [2.05, 4.69) is 5.32 Å². The second-order valence-corrected chi connectivity index (χ2v) is 10.3. The number of halogens is 2. The summed E-state index contributed by atoms with van der Waals surface area (Å²) >= 11 is 0. The summed E-state index contributed by atoms with van der Waals surface area (Å²) in [7, 11) is 0. The van der Waals surface area contributed by atoms with Gasteiger partial charge in [-0.1, -0.05) is 43.5 Å². The van der Waals surface area contributed by atoms with Crippen molar-refractivity contribution in [2.24, 2.45) is 0 Å². The van der Waals surface area contributed by atoms with E-state index >= 15 is 0 Å². The smallest absolute Gasteiger partial charge is 0.322 e. The van der Waals surface area contributed by atoms with Gasteiger partial charge in [0.25, 0.3) is 11.8 Å². The SMILES string of the molecule is O=C(CCCCCCCc1ccc(C(F)(F)NC(=O)c2ccc3c(c2)CN(C2CCC(=O)NC2=O)C3=O)cc1)NO. The monoisotopic (exact) mass is 570 g/mol. The summed E-state index contributed by atoms with van der Waals surface area (Å²) in [6.07, 6.45) is 5.53. The Hall–Kier alpha value is -4.19. The molecule has 0 aliphatic carbocycles. The number of alkyl halides is 2. The quantitative estimate of drug-likeness (QED) is 0.101. The third-order valence-electron chi connectivity index (χ3n) is 7.37. The number of carbonyl (C=O) groups excluding carboxylic acids is 5. The minimum atomic E-state index is -3.63. The summed E-state index contributed by atoms with van der Waals surface area (Å²) in [6.45, 7) is 0.0281. The van der Waals surface area contributed by atoms with E-state index in [1.165, 1.54) is 35.2 Å². The van der Waals surface area contributed by atoms with E-state index in [-0.39, 0.29) is 42.5 Å². The summed E-state index contributed by atoms with van der Waals surface area (Å²) in [5, 5.41) is 12.4. The third-order valence-corrected chi connectivity index (χ3v) is 7.37. The van der Waals surface area contributed by atoms with Crippen molar-refractivity contribution in [3.63, 3.8) is 0 Å². The molecule has 2 heterocycles. The molecule has 10 nitrogen and oxygen atoms in total. The molecule has 0 bridgehead atoms. The van der Waals surface area contributed by atoms with Crippen LogP contribution in [0.4, 0.5) is 8.78 Å². The first-order valence-electron chi connectivity index (χ1n) is 13.6. The van der Waals surface area contributed by atoms with Crippen molar-refractivity contribution in [1.29, 1.82) is 0 Å². The maximum atomic E-state index is 14.9. The van der Waals surface area contributed by atoms with Crippen molar-refractivity contribution in [2.45, 2.75) is 76.4 Å². The fraction of sp³-hybridized carbons (Fsp3) is 0.414. The first-order chi connectivity index (χ1) is 19.6. The van der Waals surface area contributed by atoms with Gasteiger partial charge in [-0.25, -0.2) is 5.48 Å². The second-order valence-electron chi connectivity index (χ2n) is 10.3. The Morgan fingerprint density at radius 2 is 1.71 bits per heavy atom. The third kappa shape index (κ3) is 7.31. The van der Waals surface area contributed by atoms with E-state index < -0.39 is 41.6 Å². The highest BCUT2D eigenvalue weighted by atomic mass is 19.3. The molecule has 1 unspecified atom stereocenters. The normalized spacial score (nSPS) is 16.8. The van der Waals surface area contributed by atoms with Crippen molar-refractivity contribution < 1.29 is 38.0 Å². The molecule has 1 fully saturated rings. The molecular formula is C29H32F2N4O6. The molecule has 4 N–H and O–H groups in total. The first kappa shape index (κ1) is 29.8. The van der Waals surface area contributed by atoms with E-state index in [0.717, 1.165) is 31.2 Å². The predicted octanol–water partition coefficient (Wildman–Crippen LogP) is 3.32. The highest BCUT2D eigenvalue weighted by molar-refractivity contribution is 6.06. The van der Waals surface area contributed by atoms with Crippen LogP contribution in [-0.4, -0.2) is 45.7 Å². The van der Waals surface area contributed by atoms with Crippen LogP contribution in [0.25, 0.3) is 0 Å². The number of hydrogen-bond acceptors (Lipinski definition) is 6. The Bertz CT molecular complexity index is 1330. The van der Waals surface area contributed by atoms with E-state index in [1.807, 2.05) is 0 Å².